The summed E-state index contributed by atoms with van der Waals surface area (Å²) in [6.07, 6.45) is 3.86. The van der Waals surface area contributed by atoms with E-state index >= 15 is 0 Å². The molecule has 2 rings (SSSR count). The minimum Gasteiger partial charge on any atom is -0.361 e. The Labute approximate surface area is 184 Å². The highest BCUT2D eigenvalue weighted by molar-refractivity contribution is 14.0. The molecule has 0 saturated carbocycles. The van der Waals surface area contributed by atoms with E-state index in [0.29, 0.717) is 11.4 Å². The molecule has 156 valence electrons. The molecule has 1 heterocycles. The summed E-state index contributed by atoms with van der Waals surface area (Å²) in [4.78, 5) is 4.56. The molecular weight excluding hydrogens is 491 g/mol. The molecule has 0 aliphatic carbocycles. The third-order valence-electron chi connectivity index (χ3n) is 4.36. The molecule has 0 radical (unpaired) electrons. The lowest BCUT2D eigenvalue weighted by Gasteiger charge is -2.12. The summed E-state index contributed by atoms with van der Waals surface area (Å²) < 4.78 is 28.1. The van der Waals surface area contributed by atoms with Crippen LogP contribution in [0.4, 0.5) is 0 Å². The van der Waals surface area contributed by atoms with Crippen LogP contribution in [-0.4, -0.2) is 45.9 Å². The van der Waals surface area contributed by atoms with Crippen molar-refractivity contribution in [3.05, 3.63) is 46.8 Å². The lowest BCUT2D eigenvalue weighted by molar-refractivity contribution is 0.392. The molecule has 0 atom stereocenters. The van der Waals surface area contributed by atoms with Crippen LogP contribution in [0.5, 0.6) is 0 Å². The Morgan fingerprint density at radius 2 is 1.75 bits per heavy atom. The van der Waals surface area contributed by atoms with E-state index in [1.165, 1.54) is 11.8 Å². The zero-order chi connectivity index (χ0) is 19.9. The lowest BCUT2D eigenvalue weighted by Crippen LogP contribution is -2.38. The van der Waals surface area contributed by atoms with Crippen LogP contribution in [0.15, 0.2) is 38.7 Å². The molecule has 0 amide bonds. The number of guanidine groups is 1. The number of aryl methyl sites for hydroxylation is 2. The quantitative estimate of drug-likeness (QED) is 0.241. The molecule has 0 aliphatic rings. The second-order valence-electron chi connectivity index (χ2n) is 6.50. The first-order valence-corrected chi connectivity index (χ1v) is 10.9. The second-order valence-corrected chi connectivity index (χ2v) is 8.51. The second kappa shape index (κ2) is 11.4. The monoisotopic (exact) mass is 520 g/mol. The van der Waals surface area contributed by atoms with Gasteiger partial charge < -0.3 is 15.2 Å². The van der Waals surface area contributed by atoms with E-state index in [4.69, 9.17) is 4.52 Å². The first kappa shape index (κ1) is 24.4. The fourth-order valence-electron chi connectivity index (χ4n) is 2.78. The molecule has 0 aliphatic heterocycles. The van der Waals surface area contributed by atoms with Crippen LogP contribution in [0.25, 0.3) is 0 Å². The third-order valence-corrected chi connectivity index (χ3v) is 5.49. The van der Waals surface area contributed by atoms with Gasteiger partial charge >= 0.3 is 0 Å². The van der Waals surface area contributed by atoms with Crippen molar-refractivity contribution in [1.29, 1.82) is 0 Å². The van der Waals surface area contributed by atoms with Gasteiger partial charge in [0.05, 0.1) is 10.6 Å². The predicted molar refractivity (Wildman–Crippen MR) is 122 cm³/mol. The van der Waals surface area contributed by atoms with E-state index in [1.54, 1.807) is 19.2 Å². The number of hydrogen-bond donors (Lipinski definition) is 2. The van der Waals surface area contributed by atoms with E-state index in [1.807, 2.05) is 26.0 Å². The van der Waals surface area contributed by atoms with Gasteiger partial charge in [-0.3, -0.25) is 4.99 Å². The molecular formula is C19H29IN4O3S. The molecule has 7 nitrogen and oxygen atoms in total. The fraction of sp³-hybridized carbons (Fsp3) is 0.474. The maximum atomic E-state index is 11.5. The number of aliphatic imine (C=N–C) groups is 1. The van der Waals surface area contributed by atoms with Crippen LogP contribution in [0.1, 0.15) is 29.0 Å². The summed E-state index contributed by atoms with van der Waals surface area (Å²) in [5.41, 5.74) is 3.21. The topological polar surface area (TPSA) is 96.6 Å². The van der Waals surface area contributed by atoms with Gasteiger partial charge in [-0.05, 0) is 50.8 Å². The van der Waals surface area contributed by atoms with E-state index in [9.17, 15) is 8.42 Å². The number of sulfone groups is 1. The van der Waals surface area contributed by atoms with Crippen molar-refractivity contribution >= 4 is 39.8 Å². The SMILES string of the molecule is CN=C(NCCCc1c(C)noc1C)NCCc1ccc(S(C)(=O)=O)cc1.I. The largest absolute Gasteiger partial charge is 0.361 e. The van der Waals surface area contributed by atoms with E-state index in [-0.39, 0.29) is 24.0 Å². The molecule has 0 unspecified atom stereocenters. The zero-order valence-corrected chi connectivity index (χ0v) is 19.9. The van der Waals surface area contributed by atoms with Gasteiger partial charge in [0, 0.05) is 32.0 Å². The molecule has 28 heavy (non-hydrogen) atoms. The van der Waals surface area contributed by atoms with E-state index < -0.39 is 9.84 Å². The highest BCUT2D eigenvalue weighted by Gasteiger charge is 2.08. The highest BCUT2D eigenvalue weighted by Crippen LogP contribution is 2.14. The highest BCUT2D eigenvalue weighted by atomic mass is 127. The minimum absolute atomic E-state index is 0. The van der Waals surface area contributed by atoms with Gasteiger partial charge in [0.25, 0.3) is 0 Å². The maximum Gasteiger partial charge on any atom is 0.190 e. The molecule has 2 N–H and O–H groups in total. The Kier molecular flexibility index (Phi) is 9.94. The Bertz CT molecular complexity index is 858. The van der Waals surface area contributed by atoms with Crippen LogP contribution in [0, 0.1) is 13.8 Å². The van der Waals surface area contributed by atoms with Gasteiger partial charge in [0.1, 0.15) is 5.76 Å². The van der Waals surface area contributed by atoms with Crippen molar-refractivity contribution in [2.24, 2.45) is 4.99 Å². The minimum atomic E-state index is -3.15. The summed E-state index contributed by atoms with van der Waals surface area (Å²) in [5, 5.41) is 10.5. The van der Waals surface area contributed by atoms with Crippen LogP contribution < -0.4 is 10.6 Å². The number of aromatic nitrogens is 1. The maximum absolute atomic E-state index is 11.5. The van der Waals surface area contributed by atoms with E-state index in [0.717, 1.165) is 48.8 Å². The van der Waals surface area contributed by atoms with Crippen molar-refractivity contribution in [2.75, 3.05) is 26.4 Å². The predicted octanol–water partition coefficient (Wildman–Crippen LogP) is 2.65. The van der Waals surface area contributed by atoms with Crippen LogP contribution >= 0.6 is 24.0 Å². The van der Waals surface area contributed by atoms with Gasteiger partial charge in [0.2, 0.25) is 0 Å². The lowest BCUT2D eigenvalue weighted by atomic mass is 10.1. The van der Waals surface area contributed by atoms with Crippen LogP contribution in [0.2, 0.25) is 0 Å². The van der Waals surface area contributed by atoms with Gasteiger partial charge in [-0.1, -0.05) is 17.3 Å². The Morgan fingerprint density at radius 3 is 2.29 bits per heavy atom. The third kappa shape index (κ3) is 7.42. The number of nitrogens with one attached hydrogen (secondary N) is 2. The zero-order valence-electron chi connectivity index (χ0n) is 16.8. The summed E-state index contributed by atoms with van der Waals surface area (Å²) >= 11 is 0. The van der Waals surface area contributed by atoms with Crippen molar-refractivity contribution in [3.63, 3.8) is 0 Å². The Morgan fingerprint density at radius 1 is 1.11 bits per heavy atom. The first-order chi connectivity index (χ1) is 12.8. The van der Waals surface area contributed by atoms with Crippen molar-refractivity contribution in [3.8, 4) is 0 Å². The molecule has 2 aromatic rings. The number of hydrogen-bond acceptors (Lipinski definition) is 5. The molecule has 1 aromatic heterocycles. The van der Waals surface area contributed by atoms with Crippen molar-refractivity contribution < 1.29 is 12.9 Å². The van der Waals surface area contributed by atoms with Crippen molar-refractivity contribution in [2.45, 2.75) is 38.0 Å². The molecule has 1 aromatic carbocycles. The Hall–Kier alpha value is -1.62. The summed E-state index contributed by atoms with van der Waals surface area (Å²) in [6, 6.07) is 6.98. The molecule has 9 heteroatoms. The van der Waals surface area contributed by atoms with Crippen molar-refractivity contribution in [1.82, 2.24) is 15.8 Å². The smallest absolute Gasteiger partial charge is 0.190 e. The average Bonchev–Trinajstić information content (AvgIpc) is 2.95. The number of halogens is 1. The molecule has 0 spiro atoms. The van der Waals surface area contributed by atoms with E-state index in [2.05, 4.69) is 20.8 Å². The molecule has 0 bridgehead atoms. The number of rotatable bonds is 8. The van der Waals surface area contributed by atoms with Gasteiger partial charge in [-0.15, -0.1) is 24.0 Å². The van der Waals surface area contributed by atoms with Gasteiger partial charge in [0.15, 0.2) is 15.8 Å². The molecule has 0 fully saturated rings. The first-order valence-electron chi connectivity index (χ1n) is 8.96. The summed E-state index contributed by atoms with van der Waals surface area (Å²) in [5.74, 6) is 1.64. The average molecular weight is 520 g/mol. The van der Waals surface area contributed by atoms with Crippen LogP contribution in [0.3, 0.4) is 0 Å². The fourth-order valence-corrected chi connectivity index (χ4v) is 3.41. The standard InChI is InChI=1S/C19H28N4O3S.HI/c1-14-18(15(2)26-23-14)6-5-12-21-19(20-3)22-13-11-16-7-9-17(10-8-16)27(4,24)25;/h7-10H,5-6,11-13H2,1-4H3,(H2,20,21,22);1H. The number of benzene rings is 1. The van der Waals surface area contributed by atoms with Gasteiger partial charge in [-0.25, -0.2) is 8.42 Å². The normalized spacial score (nSPS) is 11.8. The number of nitrogens with zero attached hydrogens (tertiary/aromatic N) is 2. The summed E-state index contributed by atoms with van der Waals surface area (Å²) in [6.45, 7) is 5.41. The van der Waals surface area contributed by atoms with Crippen LogP contribution in [-0.2, 0) is 22.7 Å². The van der Waals surface area contributed by atoms with Gasteiger partial charge in [-0.2, -0.15) is 0 Å². The summed E-state index contributed by atoms with van der Waals surface area (Å²) in [7, 11) is -1.41. The Balaban J connectivity index is 0.00000392. The molecule has 0 saturated heterocycles.